The highest BCUT2D eigenvalue weighted by Crippen LogP contribution is 2.29. The number of nitrogens with zero attached hydrogens (tertiary/aromatic N) is 1. The zero-order valence-corrected chi connectivity index (χ0v) is 17.1. The SMILES string of the molecule is CC(=O)N1CCOC(Cc2cccc(-c3ccc(C)cc3)c2)(C(=O)NC2CC2)C1. The van der Waals surface area contributed by atoms with Crippen molar-refractivity contribution in [2.24, 2.45) is 0 Å². The summed E-state index contributed by atoms with van der Waals surface area (Å²) in [6.07, 6.45) is 2.47. The van der Waals surface area contributed by atoms with Gasteiger partial charge in [0.1, 0.15) is 0 Å². The molecule has 2 aliphatic rings. The first-order valence-electron chi connectivity index (χ1n) is 10.3. The molecule has 5 nitrogen and oxygen atoms in total. The molecule has 2 amide bonds. The largest absolute Gasteiger partial charge is 0.361 e. The first kappa shape index (κ1) is 19.6. The van der Waals surface area contributed by atoms with Crippen LogP contribution in [0.4, 0.5) is 0 Å². The van der Waals surface area contributed by atoms with Gasteiger partial charge in [-0.25, -0.2) is 0 Å². The van der Waals surface area contributed by atoms with Crippen LogP contribution in [-0.4, -0.2) is 48.1 Å². The van der Waals surface area contributed by atoms with E-state index in [0.717, 1.165) is 29.5 Å². The fraction of sp³-hybridized carbons (Fsp3) is 0.417. The number of aryl methyl sites for hydroxylation is 1. The van der Waals surface area contributed by atoms with Crippen molar-refractivity contribution in [2.75, 3.05) is 19.7 Å². The van der Waals surface area contributed by atoms with Crippen molar-refractivity contribution in [1.82, 2.24) is 10.2 Å². The molecule has 1 aliphatic heterocycles. The molecule has 29 heavy (non-hydrogen) atoms. The van der Waals surface area contributed by atoms with E-state index in [0.29, 0.717) is 19.6 Å². The Bertz CT molecular complexity index is 905. The van der Waals surface area contributed by atoms with Crippen LogP contribution in [0.2, 0.25) is 0 Å². The van der Waals surface area contributed by atoms with Crippen molar-refractivity contribution in [3.05, 3.63) is 59.7 Å². The number of benzene rings is 2. The molecule has 0 bridgehead atoms. The first-order chi connectivity index (χ1) is 13.9. The van der Waals surface area contributed by atoms with E-state index in [-0.39, 0.29) is 24.4 Å². The van der Waals surface area contributed by atoms with E-state index in [1.54, 1.807) is 11.8 Å². The lowest BCUT2D eigenvalue weighted by Gasteiger charge is -2.41. The average Bonchev–Trinajstić information content (AvgIpc) is 3.53. The molecule has 2 fully saturated rings. The quantitative estimate of drug-likeness (QED) is 0.851. The lowest BCUT2D eigenvalue weighted by atomic mass is 9.89. The van der Waals surface area contributed by atoms with Gasteiger partial charge < -0.3 is 15.0 Å². The van der Waals surface area contributed by atoms with E-state index in [9.17, 15) is 9.59 Å². The number of carbonyl (C=O) groups excluding carboxylic acids is 2. The standard InChI is InChI=1S/C24H28N2O3/c1-17-6-8-20(9-7-17)21-5-3-4-19(14-21)15-24(23(28)25-22-10-11-22)16-26(18(2)27)12-13-29-24/h3-9,14,22H,10-13,15-16H2,1-2H3,(H,25,28). The van der Waals surface area contributed by atoms with Gasteiger partial charge in [0.25, 0.3) is 5.91 Å². The number of carbonyl (C=O) groups is 2. The minimum atomic E-state index is -1.04. The van der Waals surface area contributed by atoms with Crippen LogP contribution in [0.15, 0.2) is 48.5 Å². The molecule has 1 atom stereocenters. The zero-order chi connectivity index (χ0) is 20.4. The van der Waals surface area contributed by atoms with Gasteiger partial charge in [0.05, 0.1) is 13.2 Å². The molecule has 4 rings (SSSR count). The fourth-order valence-electron chi connectivity index (χ4n) is 3.86. The van der Waals surface area contributed by atoms with E-state index in [1.165, 1.54) is 5.56 Å². The number of hydrogen-bond acceptors (Lipinski definition) is 3. The van der Waals surface area contributed by atoms with Gasteiger partial charge in [0, 0.05) is 25.9 Å². The highest BCUT2D eigenvalue weighted by Gasteiger charge is 2.46. The normalized spacial score (nSPS) is 21.7. The zero-order valence-electron chi connectivity index (χ0n) is 17.1. The first-order valence-corrected chi connectivity index (χ1v) is 10.3. The maximum absolute atomic E-state index is 13.2. The molecule has 1 unspecified atom stereocenters. The summed E-state index contributed by atoms with van der Waals surface area (Å²) in [5.41, 5.74) is 3.46. The second-order valence-corrected chi connectivity index (χ2v) is 8.27. The molecule has 1 aliphatic carbocycles. The van der Waals surface area contributed by atoms with Crippen LogP contribution in [0.25, 0.3) is 11.1 Å². The molecule has 152 valence electrons. The van der Waals surface area contributed by atoms with Crippen molar-refractivity contribution in [3.63, 3.8) is 0 Å². The van der Waals surface area contributed by atoms with Crippen LogP contribution in [0, 0.1) is 6.92 Å². The molecule has 1 heterocycles. The molecule has 5 heteroatoms. The van der Waals surface area contributed by atoms with Crippen LogP contribution in [0.5, 0.6) is 0 Å². The molecular weight excluding hydrogens is 364 g/mol. The van der Waals surface area contributed by atoms with Gasteiger partial charge in [0.2, 0.25) is 5.91 Å². The number of amides is 2. The Morgan fingerprint density at radius 1 is 1.14 bits per heavy atom. The van der Waals surface area contributed by atoms with E-state index in [2.05, 4.69) is 48.6 Å². The maximum atomic E-state index is 13.2. The summed E-state index contributed by atoms with van der Waals surface area (Å²) < 4.78 is 6.10. The van der Waals surface area contributed by atoms with Crippen LogP contribution >= 0.6 is 0 Å². The van der Waals surface area contributed by atoms with Crippen LogP contribution in [0.3, 0.4) is 0 Å². The molecule has 1 saturated carbocycles. The Balaban J connectivity index is 1.62. The number of ether oxygens (including phenoxy) is 1. The summed E-state index contributed by atoms with van der Waals surface area (Å²) in [5.74, 6) is -0.128. The minimum absolute atomic E-state index is 0.0229. The van der Waals surface area contributed by atoms with Gasteiger partial charge in [-0.15, -0.1) is 0 Å². The number of hydrogen-bond donors (Lipinski definition) is 1. The molecule has 0 spiro atoms. The predicted octanol–water partition coefficient (Wildman–Crippen LogP) is 3.10. The summed E-state index contributed by atoms with van der Waals surface area (Å²) in [6, 6.07) is 16.9. The van der Waals surface area contributed by atoms with Crippen molar-refractivity contribution in [1.29, 1.82) is 0 Å². The minimum Gasteiger partial charge on any atom is -0.361 e. The number of morpholine rings is 1. The van der Waals surface area contributed by atoms with Gasteiger partial charge in [0.15, 0.2) is 5.60 Å². The second kappa shape index (κ2) is 7.99. The highest BCUT2D eigenvalue weighted by molar-refractivity contribution is 5.87. The van der Waals surface area contributed by atoms with Crippen LogP contribution in [0.1, 0.15) is 30.9 Å². The second-order valence-electron chi connectivity index (χ2n) is 8.27. The van der Waals surface area contributed by atoms with Gasteiger partial charge in [-0.3, -0.25) is 9.59 Å². The topological polar surface area (TPSA) is 58.6 Å². The maximum Gasteiger partial charge on any atom is 0.254 e. The third kappa shape index (κ3) is 4.51. The Kier molecular flexibility index (Phi) is 5.41. The molecule has 1 N–H and O–H groups in total. The third-order valence-corrected chi connectivity index (χ3v) is 5.76. The van der Waals surface area contributed by atoms with E-state index in [4.69, 9.17) is 4.74 Å². The van der Waals surface area contributed by atoms with Crippen molar-refractivity contribution in [2.45, 2.75) is 44.8 Å². The summed E-state index contributed by atoms with van der Waals surface area (Å²) in [4.78, 5) is 26.9. The number of rotatable bonds is 5. The number of nitrogens with one attached hydrogen (secondary N) is 1. The van der Waals surface area contributed by atoms with Crippen LogP contribution < -0.4 is 5.32 Å². The van der Waals surface area contributed by atoms with Gasteiger partial charge in [-0.1, -0.05) is 54.1 Å². The molecule has 2 aromatic rings. The van der Waals surface area contributed by atoms with Crippen molar-refractivity contribution in [3.8, 4) is 11.1 Å². The highest BCUT2D eigenvalue weighted by atomic mass is 16.5. The summed E-state index contributed by atoms with van der Waals surface area (Å²) >= 11 is 0. The predicted molar refractivity (Wildman–Crippen MR) is 112 cm³/mol. The molecule has 2 aromatic carbocycles. The Hall–Kier alpha value is -2.66. The summed E-state index contributed by atoms with van der Waals surface area (Å²) in [5, 5.41) is 3.09. The molecule has 0 radical (unpaired) electrons. The lowest BCUT2D eigenvalue weighted by molar-refractivity contribution is -0.165. The fourth-order valence-corrected chi connectivity index (χ4v) is 3.86. The van der Waals surface area contributed by atoms with E-state index < -0.39 is 5.60 Å². The molecule has 1 saturated heterocycles. The smallest absolute Gasteiger partial charge is 0.254 e. The monoisotopic (exact) mass is 392 g/mol. The van der Waals surface area contributed by atoms with E-state index >= 15 is 0 Å². The summed E-state index contributed by atoms with van der Waals surface area (Å²) in [7, 11) is 0. The molecule has 0 aromatic heterocycles. The molecular formula is C24H28N2O3. The van der Waals surface area contributed by atoms with Crippen molar-refractivity contribution < 1.29 is 14.3 Å². The average molecular weight is 392 g/mol. The van der Waals surface area contributed by atoms with E-state index in [1.807, 2.05) is 12.1 Å². The van der Waals surface area contributed by atoms with Crippen molar-refractivity contribution >= 4 is 11.8 Å². The Labute approximate surface area is 172 Å². The Morgan fingerprint density at radius 2 is 1.90 bits per heavy atom. The van der Waals surface area contributed by atoms with Gasteiger partial charge in [-0.2, -0.15) is 0 Å². The van der Waals surface area contributed by atoms with Gasteiger partial charge >= 0.3 is 0 Å². The third-order valence-electron chi connectivity index (χ3n) is 5.76. The van der Waals surface area contributed by atoms with Gasteiger partial charge in [-0.05, 0) is 36.5 Å². The lowest BCUT2D eigenvalue weighted by Crippen LogP contribution is -2.62. The van der Waals surface area contributed by atoms with Crippen LogP contribution in [-0.2, 0) is 20.7 Å². The Morgan fingerprint density at radius 3 is 2.59 bits per heavy atom. The summed E-state index contributed by atoms with van der Waals surface area (Å²) in [6.45, 7) is 4.80.